The maximum atomic E-state index is 12.6. The van der Waals surface area contributed by atoms with Crippen LogP contribution < -0.4 is 10.6 Å². The summed E-state index contributed by atoms with van der Waals surface area (Å²) in [5, 5.41) is 14.5. The normalized spacial score (nSPS) is 10.0. The van der Waals surface area contributed by atoms with Gasteiger partial charge in [-0.05, 0) is 61.4 Å². The molecule has 138 valence electrons. The Kier molecular flexibility index (Phi) is 5.47. The summed E-state index contributed by atoms with van der Waals surface area (Å²) in [4.78, 5) is 29.1. The Labute approximate surface area is 162 Å². The van der Waals surface area contributed by atoms with E-state index in [0.29, 0.717) is 22.5 Å². The highest BCUT2D eigenvalue weighted by Gasteiger charge is 2.13. The van der Waals surface area contributed by atoms with Gasteiger partial charge in [-0.15, -0.1) is 0 Å². The molecule has 0 saturated heterocycles. The number of hydrogen-bond donors (Lipinski definition) is 2. The summed E-state index contributed by atoms with van der Waals surface area (Å²) in [7, 11) is 0. The minimum atomic E-state index is -0.394. The molecule has 2 N–H and O–H groups in total. The number of aromatic nitrogens is 1. The molecule has 6 nitrogen and oxygen atoms in total. The van der Waals surface area contributed by atoms with Gasteiger partial charge >= 0.3 is 0 Å². The molecule has 0 aliphatic rings. The maximum Gasteiger partial charge on any atom is 0.274 e. The Hall–Kier alpha value is -3.98. The number of benzene rings is 2. The van der Waals surface area contributed by atoms with Crippen molar-refractivity contribution in [1.82, 2.24) is 4.98 Å². The highest BCUT2D eigenvalue weighted by atomic mass is 16.2. The number of hydrogen-bond acceptors (Lipinski definition) is 4. The molecule has 0 aliphatic heterocycles. The van der Waals surface area contributed by atoms with E-state index in [1.807, 2.05) is 38.1 Å². The van der Waals surface area contributed by atoms with Crippen molar-refractivity contribution in [3.63, 3.8) is 0 Å². The molecule has 2 aromatic carbocycles. The number of nitrogens with zero attached hydrogens (tertiary/aromatic N) is 2. The van der Waals surface area contributed by atoms with Gasteiger partial charge in [0.2, 0.25) is 0 Å². The molecule has 0 unspecified atom stereocenters. The minimum absolute atomic E-state index is 0.138. The first kappa shape index (κ1) is 18.8. The van der Waals surface area contributed by atoms with Gasteiger partial charge in [0, 0.05) is 23.1 Å². The molecule has 28 heavy (non-hydrogen) atoms. The summed E-state index contributed by atoms with van der Waals surface area (Å²) in [5.41, 5.74) is 4.13. The molecule has 6 heteroatoms. The zero-order chi connectivity index (χ0) is 20.1. The molecule has 2 amide bonds. The molecule has 1 heterocycles. The van der Waals surface area contributed by atoms with Crippen LogP contribution in [0.1, 0.15) is 37.5 Å². The van der Waals surface area contributed by atoms with E-state index >= 15 is 0 Å². The second-order valence-electron chi connectivity index (χ2n) is 6.28. The lowest BCUT2D eigenvalue weighted by Crippen LogP contribution is -2.17. The molecule has 0 fully saturated rings. The SMILES string of the molecule is Cc1cccc(NC(=O)c2cc(C(=O)Nc3cccc(C#N)c3)ccn2)c1C. The van der Waals surface area contributed by atoms with Crippen LogP contribution in [0.15, 0.2) is 60.8 Å². The van der Waals surface area contributed by atoms with E-state index in [0.717, 1.165) is 11.1 Å². The Morgan fingerprint density at radius 1 is 0.964 bits per heavy atom. The minimum Gasteiger partial charge on any atom is -0.322 e. The van der Waals surface area contributed by atoms with Crippen LogP contribution in [0.25, 0.3) is 0 Å². The summed E-state index contributed by atoms with van der Waals surface area (Å²) in [6.45, 7) is 3.90. The number of nitrogens with one attached hydrogen (secondary N) is 2. The molecular formula is C22H18N4O2. The highest BCUT2D eigenvalue weighted by Crippen LogP contribution is 2.19. The number of amides is 2. The smallest absolute Gasteiger partial charge is 0.274 e. The van der Waals surface area contributed by atoms with Gasteiger partial charge in [0.25, 0.3) is 11.8 Å². The second kappa shape index (κ2) is 8.14. The first-order valence-corrected chi connectivity index (χ1v) is 8.63. The van der Waals surface area contributed by atoms with Crippen molar-refractivity contribution in [3.8, 4) is 6.07 Å². The monoisotopic (exact) mass is 370 g/mol. The Morgan fingerprint density at radius 3 is 2.54 bits per heavy atom. The number of aryl methyl sites for hydroxylation is 1. The predicted molar refractivity (Wildman–Crippen MR) is 107 cm³/mol. The van der Waals surface area contributed by atoms with Crippen molar-refractivity contribution in [2.75, 3.05) is 10.6 Å². The predicted octanol–water partition coefficient (Wildman–Crippen LogP) is 4.07. The molecular weight excluding hydrogens is 352 g/mol. The summed E-state index contributed by atoms with van der Waals surface area (Å²) in [6, 6.07) is 17.2. The van der Waals surface area contributed by atoms with Gasteiger partial charge in [-0.25, -0.2) is 0 Å². The first-order valence-electron chi connectivity index (χ1n) is 8.63. The zero-order valence-corrected chi connectivity index (χ0v) is 15.5. The summed E-state index contributed by atoms with van der Waals surface area (Å²) < 4.78 is 0. The van der Waals surface area contributed by atoms with E-state index in [1.165, 1.54) is 18.3 Å². The summed E-state index contributed by atoms with van der Waals surface area (Å²) >= 11 is 0. The van der Waals surface area contributed by atoms with E-state index in [1.54, 1.807) is 24.3 Å². The van der Waals surface area contributed by atoms with Crippen LogP contribution in [-0.2, 0) is 0 Å². The number of carbonyl (C=O) groups is 2. The molecule has 0 spiro atoms. The number of nitriles is 1. The van der Waals surface area contributed by atoms with Crippen LogP contribution in [0.3, 0.4) is 0 Å². The van der Waals surface area contributed by atoms with Crippen LogP contribution in [-0.4, -0.2) is 16.8 Å². The van der Waals surface area contributed by atoms with Gasteiger partial charge in [-0.3, -0.25) is 14.6 Å². The van der Waals surface area contributed by atoms with Crippen LogP contribution in [0.5, 0.6) is 0 Å². The van der Waals surface area contributed by atoms with Crippen molar-refractivity contribution in [2.24, 2.45) is 0 Å². The molecule has 3 aromatic rings. The third-order valence-corrected chi connectivity index (χ3v) is 4.36. The fourth-order valence-electron chi connectivity index (χ4n) is 2.64. The van der Waals surface area contributed by atoms with Crippen molar-refractivity contribution in [1.29, 1.82) is 5.26 Å². The highest BCUT2D eigenvalue weighted by molar-refractivity contribution is 6.08. The average molecular weight is 370 g/mol. The van der Waals surface area contributed by atoms with E-state index in [-0.39, 0.29) is 5.69 Å². The quantitative estimate of drug-likeness (QED) is 0.723. The Balaban J connectivity index is 1.77. The van der Waals surface area contributed by atoms with Crippen LogP contribution in [0.4, 0.5) is 11.4 Å². The molecule has 0 saturated carbocycles. The largest absolute Gasteiger partial charge is 0.322 e. The third kappa shape index (κ3) is 4.22. The Morgan fingerprint density at radius 2 is 1.75 bits per heavy atom. The van der Waals surface area contributed by atoms with Crippen LogP contribution >= 0.6 is 0 Å². The lowest BCUT2D eigenvalue weighted by molar-refractivity contribution is 0.102. The average Bonchev–Trinajstić information content (AvgIpc) is 2.71. The maximum absolute atomic E-state index is 12.6. The topological polar surface area (TPSA) is 94.9 Å². The molecule has 0 aliphatic carbocycles. The van der Waals surface area contributed by atoms with Crippen molar-refractivity contribution < 1.29 is 9.59 Å². The zero-order valence-electron chi connectivity index (χ0n) is 15.5. The lowest BCUT2D eigenvalue weighted by Gasteiger charge is -2.10. The van der Waals surface area contributed by atoms with E-state index < -0.39 is 11.8 Å². The standard InChI is InChI=1S/C22H18N4O2/c1-14-5-3-8-19(15(14)2)26-22(28)20-12-17(9-10-24-20)21(27)25-18-7-4-6-16(11-18)13-23/h3-12H,1-2H3,(H,25,27)(H,26,28). The van der Waals surface area contributed by atoms with Crippen molar-refractivity contribution in [2.45, 2.75) is 13.8 Å². The second-order valence-corrected chi connectivity index (χ2v) is 6.28. The van der Waals surface area contributed by atoms with Crippen molar-refractivity contribution in [3.05, 3.63) is 88.7 Å². The van der Waals surface area contributed by atoms with Crippen molar-refractivity contribution >= 4 is 23.2 Å². The van der Waals surface area contributed by atoms with Gasteiger partial charge in [-0.2, -0.15) is 5.26 Å². The van der Waals surface area contributed by atoms with Gasteiger partial charge in [0.1, 0.15) is 5.69 Å². The van der Waals surface area contributed by atoms with Crippen LogP contribution in [0.2, 0.25) is 0 Å². The fraction of sp³-hybridized carbons (Fsp3) is 0.0909. The molecule has 0 atom stereocenters. The number of rotatable bonds is 4. The first-order chi connectivity index (χ1) is 13.5. The van der Waals surface area contributed by atoms with E-state index in [4.69, 9.17) is 5.26 Å². The van der Waals surface area contributed by atoms with Gasteiger partial charge < -0.3 is 10.6 Å². The van der Waals surface area contributed by atoms with Crippen LogP contribution in [0, 0.1) is 25.2 Å². The van der Waals surface area contributed by atoms with Gasteiger partial charge in [0.05, 0.1) is 11.6 Å². The molecule has 0 radical (unpaired) electrons. The number of pyridine rings is 1. The van der Waals surface area contributed by atoms with Gasteiger partial charge in [0.15, 0.2) is 0 Å². The Bertz CT molecular complexity index is 1100. The summed E-state index contributed by atoms with van der Waals surface area (Å²) in [5.74, 6) is -0.784. The fourth-order valence-corrected chi connectivity index (χ4v) is 2.64. The number of anilines is 2. The number of carbonyl (C=O) groups excluding carboxylic acids is 2. The molecule has 1 aromatic heterocycles. The summed E-state index contributed by atoms with van der Waals surface area (Å²) in [6.07, 6.45) is 1.42. The third-order valence-electron chi connectivity index (χ3n) is 4.36. The van der Waals surface area contributed by atoms with Gasteiger partial charge in [-0.1, -0.05) is 18.2 Å². The molecule has 0 bridgehead atoms. The molecule has 3 rings (SSSR count). The van der Waals surface area contributed by atoms with E-state index in [2.05, 4.69) is 15.6 Å². The van der Waals surface area contributed by atoms with E-state index in [9.17, 15) is 9.59 Å². The lowest BCUT2D eigenvalue weighted by atomic mass is 10.1.